The van der Waals surface area contributed by atoms with Gasteiger partial charge in [0.1, 0.15) is 0 Å². The average Bonchev–Trinajstić information content (AvgIpc) is 2.37. The molecule has 0 saturated heterocycles. The molecule has 21 heavy (non-hydrogen) atoms. The van der Waals surface area contributed by atoms with E-state index in [1.165, 1.54) is 0 Å². The Labute approximate surface area is 137 Å². The molecule has 1 aromatic rings. The number of hydrogen-bond acceptors (Lipinski definition) is 4. The highest BCUT2D eigenvalue weighted by Crippen LogP contribution is 2.10. The molecule has 0 radical (unpaired) electrons. The van der Waals surface area contributed by atoms with Crippen molar-refractivity contribution in [3.63, 3.8) is 0 Å². The Kier molecular flexibility index (Phi) is 10.8. The predicted octanol–water partition coefficient (Wildman–Crippen LogP) is 1.27. The van der Waals surface area contributed by atoms with E-state index in [4.69, 9.17) is 5.73 Å². The Morgan fingerprint density at radius 2 is 1.95 bits per heavy atom. The highest BCUT2D eigenvalue weighted by Gasteiger charge is 2.17. The summed E-state index contributed by atoms with van der Waals surface area (Å²) in [4.78, 5) is 27.2. The van der Waals surface area contributed by atoms with Crippen LogP contribution >= 0.6 is 24.8 Å². The van der Waals surface area contributed by atoms with E-state index >= 15 is 0 Å². The maximum absolute atomic E-state index is 11.7. The molecule has 0 unspecified atom stereocenters. The van der Waals surface area contributed by atoms with Gasteiger partial charge < -0.3 is 16.4 Å². The van der Waals surface area contributed by atoms with Gasteiger partial charge in [0.05, 0.1) is 24.5 Å². The second-order valence-corrected chi connectivity index (χ2v) is 4.73. The Morgan fingerprint density at radius 3 is 2.48 bits per heavy atom. The molecule has 1 atom stereocenters. The van der Waals surface area contributed by atoms with Crippen LogP contribution in [-0.2, 0) is 9.59 Å². The summed E-state index contributed by atoms with van der Waals surface area (Å²) in [5.74, 6) is -0.600. The van der Waals surface area contributed by atoms with Gasteiger partial charge in [-0.3, -0.25) is 14.6 Å². The van der Waals surface area contributed by atoms with Crippen molar-refractivity contribution in [1.29, 1.82) is 0 Å². The summed E-state index contributed by atoms with van der Waals surface area (Å²) in [6.45, 7) is 5.46. The summed E-state index contributed by atoms with van der Waals surface area (Å²) >= 11 is 0. The van der Waals surface area contributed by atoms with E-state index in [9.17, 15) is 9.59 Å². The molecule has 0 spiro atoms. The van der Waals surface area contributed by atoms with Crippen molar-refractivity contribution in [3.05, 3.63) is 24.0 Å². The number of halogens is 2. The third kappa shape index (κ3) is 7.27. The number of amides is 2. The largest absolute Gasteiger partial charge is 0.346 e. The summed E-state index contributed by atoms with van der Waals surface area (Å²) < 4.78 is 0. The maximum Gasteiger partial charge on any atom is 0.243 e. The van der Waals surface area contributed by atoms with Gasteiger partial charge in [-0.15, -0.1) is 24.8 Å². The van der Waals surface area contributed by atoms with Crippen LogP contribution in [0.25, 0.3) is 0 Å². The first-order valence-electron chi connectivity index (χ1n) is 6.15. The lowest BCUT2D eigenvalue weighted by molar-refractivity contribution is -0.125. The van der Waals surface area contributed by atoms with Gasteiger partial charge in [-0.1, -0.05) is 13.8 Å². The summed E-state index contributed by atoms with van der Waals surface area (Å²) in [6.07, 6.45) is 3.21. The zero-order chi connectivity index (χ0) is 14.4. The number of nitrogens with zero attached hydrogens (tertiary/aromatic N) is 1. The Bertz CT molecular complexity index is 469. The number of carbonyl (C=O) groups is 2. The lowest BCUT2D eigenvalue weighted by atomic mass is 10.1. The molecule has 1 rings (SSSR count). The molecule has 4 N–H and O–H groups in total. The number of nitrogens with two attached hydrogens (primary N) is 1. The molecule has 0 fully saturated rings. The molecule has 1 aromatic heterocycles. The monoisotopic (exact) mass is 336 g/mol. The summed E-state index contributed by atoms with van der Waals surface area (Å²) in [5.41, 5.74) is 7.21. The first-order valence-corrected chi connectivity index (χ1v) is 6.15. The van der Waals surface area contributed by atoms with Crippen molar-refractivity contribution in [1.82, 2.24) is 10.3 Å². The van der Waals surface area contributed by atoms with Crippen LogP contribution < -0.4 is 16.4 Å². The molecular formula is C13H22Cl2N4O2. The second kappa shape index (κ2) is 10.4. The van der Waals surface area contributed by atoms with Crippen LogP contribution in [-0.4, -0.2) is 29.4 Å². The van der Waals surface area contributed by atoms with E-state index < -0.39 is 6.04 Å². The van der Waals surface area contributed by atoms with Gasteiger partial charge in [-0.2, -0.15) is 0 Å². The molecule has 0 aliphatic heterocycles. The zero-order valence-electron chi connectivity index (χ0n) is 12.3. The zero-order valence-corrected chi connectivity index (χ0v) is 13.9. The number of aryl methyl sites for hydroxylation is 1. The van der Waals surface area contributed by atoms with Crippen LogP contribution in [0.5, 0.6) is 0 Å². The molecule has 120 valence electrons. The van der Waals surface area contributed by atoms with Crippen LogP contribution in [0.3, 0.4) is 0 Å². The molecule has 1 heterocycles. The maximum atomic E-state index is 11.7. The van der Waals surface area contributed by atoms with Crippen molar-refractivity contribution in [2.75, 3.05) is 11.9 Å². The molecule has 0 saturated carbocycles. The number of hydrogen-bond donors (Lipinski definition) is 3. The first kappa shape index (κ1) is 21.9. The normalized spacial score (nSPS) is 10.9. The van der Waals surface area contributed by atoms with Gasteiger partial charge in [-0.25, -0.2) is 0 Å². The Balaban J connectivity index is 0. The molecule has 0 aromatic carbocycles. The van der Waals surface area contributed by atoms with Gasteiger partial charge in [0.2, 0.25) is 11.8 Å². The van der Waals surface area contributed by atoms with E-state index in [1.54, 1.807) is 18.5 Å². The van der Waals surface area contributed by atoms with Crippen LogP contribution in [0, 0.1) is 12.8 Å². The lowest BCUT2D eigenvalue weighted by Crippen LogP contribution is -2.46. The van der Waals surface area contributed by atoms with E-state index in [-0.39, 0.29) is 49.1 Å². The van der Waals surface area contributed by atoms with Crippen molar-refractivity contribution in [3.8, 4) is 0 Å². The quantitative estimate of drug-likeness (QED) is 0.754. The third-order valence-electron chi connectivity index (χ3n) is 2.76. The first-order chi connectivity index (χ1) is 8.91. The number of aromatic nitrogens is 1. The number of anilines is 1. The highest BCUT2D eigenvalue weighted by atomic mass is 35.5. The van der Waals surface area contributed by atoms with Crippen molar-refractivity contribution in [2.24, 2.45) is 11.7 Å². The second-order valence-electron chi connectivity index (χ2n) is 4.73. The van der Waals surface area contributed by atoms with E-state index in [0.29, 0.717) is 5.69 Å². The van der Waals surface area contributed by atoms with E-state index in [0.717, 1.165) is 5.56 Å². The minimum atomic E-state index is -0.604. The average molecular weight is 337 g/mol. The lowest BCUT2D eigenvalue weighted by Gasteiger charge is -2.15. The Hall–Kier alpha value is -1.37. The minimum absolute atomic E-state index is 0. The molecule has 6 nitrogen and oxygen atoms in total. The van der Waals surface area contributed by atoms with Gasteiger partial charge in [0.15, 0.2) is 0 Å². The fraction of sp³-hybridized carbons (Fsp3) is 0.462. The van der Waals surface area contributed by atoms with Crippen LogP contribution in [0.2, 0.25) is 0 Å². The molecule has 8 heteroatoms. The van der Waals surface area contributed by atoms with Gasteiger partial charge in [-0.05, 0) is 24.5 Å². The van der Waals surface area contributed by atoms with Gasteiger partial charge in [0.25, 0.3) is 0 Å². The van der Waals surface area contributed by atoms with Crippen LogP contribution in [0.15, 0.2) is 18.5 Å². The van der Waals surface area contributed by atoms with Crippen molar-refractivity contribution >= 4 is 42.3 Å². The fourth-order valence-electron chi connectivity index (χ4n) is 1.38. The Morgan fingerprint density at radius 1 is 1.33 bits per heavy atom. The summed E-state index contributed by atoms with van der Waals surface area (Å²) in [7, 11) is 0. The van der Waals surface area contributed by atoms with Crippen LogP contribution in [0.1, 0.15) is 19.4 Å². The standard InChI is InChI=1S/C13H20N4O2.2ClH/c1-8(2)12(14)13(19)16-7-11(18)17-10-6-15-5-4-9(10)3;;/h4-6,8,12H,7,14H2,1-3H3,(H,16,19)(H,17,18);2*1H/t12-;;/m0../s1. The van der Waals surface area contributed by atoms with E-state index in [1.807, 2.05) is 20.8 Å². The van der Waals surface area contributed by atoms with E-state index in [2.05, 4.69) is 15.6 Å². The molecule has 0 aliphatic rings. The predicted molar refractivity (Wildman–Crippen MR) is 87.9 cm³/mol. The van der Waals surface area contributed by atoms with Crippen molar-refractivity contribution < 1.29 is 9.59 Å². The third-order valence-corrected chi connectivity index (χ3v) is 2.76. The number of pyridine rings is 1. The number of carbonyl (C=O) groups excluding carboxylic acids is 2. The van der Waals surface area contributed by atoms with Gasteiger partial charge in [0, 0.05) is 6.20 Å². The van der Waals surface area contributed by atoms with Gasteiger partial charge >= 0.3 is 0 Å². The SMILES string of the molecule is Cc1ccncc1NC(=O)CNC(=O)[C@@H](N)C(C)C.Cl.Cl. The number of nitrogens with one attached hydrogen (secondary N) is 2. The summed E-state index contributed by atoms with van der Waals surface area (Å²) in [6, 6.07) is 1.19. The van der Waals surface area contributed by atoms with Crippen LogP contribution in [0.4, 0.5) is 5.69 Å². The number of rotatable bonds is 5. The molecular weight excluding hydrogens is 315 g/mol. The van der Waals surface area contributed by atoms with Crippen molar-refractivity contribution in [2.45, 2.75) is 26.8 Å². The summed E-state index contributed by atoms with van der Waals surface area (Å²) in [5, 5.41) is 5.18. The molecule has 0 bridgehead atoms. The highest BCUT2D eigenvalue weighted by molar-refractivity contribution is 5.95. The smallest absolute Gasteiger partial charge is 0.243 e. The minimum Gasteiger partial charge on any atom is -0.346 e. The topological polar surface area (TPSA) is 97.1 Å². The fourth-order valence-corrected chi connectivity index (χ4v) is 1.38. The molecule has 2 amide bonds. The molecule has 0 aliphatic carbocycles.